The van der Waals surface area contributed by atoms with Crippen LogP contribution in [0.15, 0.2) is 28.7 Å². The van der Waals surface area contributed by atoms with Gasteiger partial charge in [0.1, 0.15) is 0 Å². The zero-order chi connectivity index (χ0) is 13.7. The molecule has 2 rings (SSSR count). The Hall–Kier alpha value is -0.910. The van der Waals surface area contributed by atoms with Gasteiger partial charge in [0.05, 0.1) is 6.10 Å². The molecule has 1 fully saturated rings. The summed E-state index contributed by atoms with van der Waals surface area (Å²) >= 11 is 3.33. The van der Waals surface area contributed by atoms with E-state index in [1.165, 1.54) is 0 Å². The van der Waals surface area contributed by atoms with Gasteiger partial charge >= 0.3 is 0 Å². The van der Waals surface area contributed by atoms with Crippen LogP contribution >= 0.6 is 15.9 Å². The monoisotopic (exact) mass is 327 g/mol. The second-order valence-corrected chi connectivity index (χ2v) is 5.65. The average molecular weight is 328 g/mol. The number of halogens is 1. The van der Waals surface area contributed by atoms with Crippen LogP contribution in [0.2, 0.25) is 0 Å². The number of aliphatic hydroxyl groups is 1. The number of aliphatic hydroxyl groups excluding tert-OH is 1. The molecular weight excluding hydrogens is 310 g/mol. The lowest BCUT2D eigenvalue weighted by molar-refractivity contribution is 0.00873. The van der Waals surface area contributed by atoms with E-state index in [1.54, 1.807) is 12.1 Å². The molecule has 1 heterocycles. The maximum absolute atomic E-state index is 11.9. The van der Waals surface area contributed by atoms with Gasteiger partial charge in [0.15, 0.2) is 0 Å². The van der Waals surface area contributed by atoms with Crippen LogP contribution in [-0.4, -0.2) is 36.9 Å². The molecule has 1 aliphatic rings. The molecule has 2 N–H and O–H groups in total. The third-order valence-electron chi connectivity index (χ3n) is 3.39. The van der Waals surface area contributed by atoms with Crippen LogP contribution in [0.1, 0.15) is 23.2 Å². The lowest BCUT2D eigenvalue weighted by atomic mass is 9.94. The van der Waals surface area contributed by atoms with Crippen LogP contribution < -0.4 is 5.32 Å². The van der Waals surface area contributed by atoms with E-state index in [0.717, 1.165) is 17.3 Å². The summed E-state index contributed by atoms with van der Waals surface area (Å²) in [7, 11) is 0. The Bertz CT molecular complexity index is 415. The van der Waals surface area contributed by atoms with Gasteiger partial charge in [0.2, 0.25) is 0 Å². The summed E-state index contributed by atoms with van der Waals surface area (Å²) in [6, 6.07) is 7.15. The van der Waals surface area contributed by atoms with E-state index in [9.17, 15) is 9.90 Å². The standard InChI is InChI=1S/C14H18BrNO3/c15-12-3-1-11(2-4-12)14(18)16-9-13(17)10-5-7-19-8-6-10/h1-4,10,13,17H,5-9H2,(H,16,18). The number of amides is 1. The predicted octanol–water partition coefficient (Wildman–Crippen LogP) is 1.97. The summed E-state index contributed by atoms with van der Waals surface area (Å²) in [5, 5.41) is 12.8. The van der Waals surface area contributed by atoms with Gasteiger partial charge in [0, 0.05) is 29.8 Å². The maximum atomic E-state index is 11.9. The largest absolute Gasteiger partial charge is 0.391 e. The van der Waals surface area contributed by atoms with E-state index in [2.05, 4.69) is 21.2 Å². The van der Waals surface area contributed by atoms with Crippen molar-refractivity contribution in [2.75, 3.05) is 19.8 Å². The third kappa shape index (κ3) is 4.30. The molecule has 1 atom stereocenters. The van der Waals surface area contributed by atoms with E-state index < -0.39 is 6.10 Å². The van der Waals surface area contributed by atoms with Gasteiger partial charge in [-0.05, 0) is 43.0 Å². The number of benzene rings is 1. The Labute approximate surface area is 121 Å². The summed E-state index contributed by atoms with van der Waals surface area (Å²) in [5.41, 5.74) is 0.599. The maximum Gasteiger partial charge on any atom is 0.251 e. The van der Waals surface area contributed by atoms with E-state index in [-0.39, 0.29) is 11.8 Å². The lowest BCUT2D eigenvalue weighted by Crippen LogP contribution is -2.38. The van der Waals surface area contributed by atoms with Gasteiger partial charge < -0.3 is 15.2 Å². The molecule has 5 heteroatoms. The van der Waals surface area contributed by atoms with Crippen molar-refractivity contribution in [3.63, 3.8) is 0 Å². The number of hydrogen-bond donors (Lipinski definition) is 2. The van der Waals surface area contributed by atoms with Crippen molar-refractivity contribution in [2.45, 2.75) is 18.9 Å². The van der Waals surface area contributed by atoms with Crippen molar-refractivity contribution in [1.29, 1.82) is 0 Å². The average Bonchev–Trinajstić information content (AvgIpc) is 2.46. The van der Waals surface area contributed by atoms with Gasteiger partial charge in [-0.3, -0.25) is 4.79 Å². The summed E-state index contributed by atoms with van der Waals surface area (Å²) in [6.07, 6.45) is 1.22. The minimum atomic E-state index is -0.497. The normalized spacial score (nSPS) is 18.0. The minimum Gasteiger partial charge on any atom is -0.391 e. The van der Waals surface area contributed by atoms with Crippen LogP contribution in [-0.2, 0) is 4.74 Å². The number of carbonyl (C=O) groups is 1. The third-order valence-corrected chi connectivity index (χ3v) is 3.92. The van der Waals surface area contributed by atoms with Crippen molar-refractivity contribution in [3.8, 4) is 0 Å². The van der Waals surface area contributed by atoms with E-state index in [1.807, 2.05) is 12.1 Å². The lowest BCUT2D eigenvalue weighted by Gasteiger charge is -2.26. The zero-order valence-corrected chi connectivity index (χ0v) is 12.2. The van der Waals surface area contributed by atoms with Gasteiger partial charge in [-0.2, -0.15) is 0 Å². The molecule has 0 bridgehead atoms. The van der Waals surface area contributed by atoms with Crippen molar-refractivity contribution >= 4 is 21.8 Å². The topological polar surface area (TPSA) is 58.6 Å². The first-order valence-corrected chi connectivity index (χ1v) is 7.25. The first-order valence-electron chi connectivity index (χ1n) is 6.46. The molecule has 1 saturated heterocycles. The Kier molecular flexibility index (Phi) is 5.36. The Morgan fingerprint density at radius 3 is 2.63 bits per heavy atom. The molecule has 4 nitrogen and oxygen atoms in total. The first-order chi connectivity index (χ1) is 9.16. The SMILES string of the molecule is O=C(NCC(O)C1CCOCC1)c1ccc(Br)cc1. The highest BCUT2D eigenvalue weighted by Crippen LogP contribution is 2.18. The summed E-state index contributed by atoms with van der Waals surface area (Å²) in [5.74, 6) is 0.0672. The van der Waals surface area contributed by atoms with Crippen LogP contribution in [0, 0.1) is 5.92 Å². The smallest absolute Gasteiger partial charge is 0.251 e. The second kappa shape index (κ2) is 7.03. The van der Waals surface area contributed by atoms with E-state index in [4.69, 9.17) is 4.74 Å². The zero-order valence-electron chi connectivity index (χ0n) is 10.6. The number of rotatable bonds is 4. The fourth-order valence-electron chi connectivity index (χ4n) is 2.17. The number of hydrogen-bond acceptors (Lipinski definition) is 3. The molecular formula is C14H18BrNO3. The number of carbonyl (C=O) groups excluding carboxylic acids is 1. The summed E-state index contributed by atoms with van der Waals surface area (Å²) in [6.45, 7) is 1.68. The van der Waals surface area contributed by atoms with Crippen molar-refractivity contribution in [2.24, 2.45) is 5.92 Å². The summed E-state index contributed by atoms with van der Waals surface area (Å²) in [4.78, 5) is 11.9. The minimum absolute atomic E-state index is 0.154. The highest BCUT2D eigenvalue weighted by Gasteiger charge is 2.22. The molecule has 1 aromatic carbocycles. The molecule has 104 valence electrons. The molecule has 0 spiro atoms. The predicted molar refractivity (Wildman–Crippen MR) is 76.0 cm³/mol. The highest BCUT2D eigenvalue weighted by atomic mass is 79.9. The molecule has 1 aromatic rings. The van der Waals surface area contributed by atoms with Crippen molar-refractivity contribution in [1.82, 2.24) is 5.32 Å². The number of nitrogens with one attached hydrogen (secondary N) is 1. The first kappa shape index (κ1) is 14.5. The Morgan fingerprint density at radius 2 is 2.00 bits per heavy atom. The van der Waals surface area contributed by atoms with E-state index >= 15 is 0 Å². The van der Waals surface area contributed by atoms with Crippen molar-refractivity contribution < 1.29 is 14.6 Å². The molecule has 0 aromatic heterocycles. The van der Waals surface area contributed by atoms with Gasteiger partial charge in [-0.25, -0.2) is 0 Å². The van der Waals surface area contributed by atoms with Crippen molar-refractivity contribution in [3.05, 3.63) is 34.3 Å². The van der Waals surface area contributed by atoms with Crippen LogP contribution in [0.5, 0.6) is 0 Å². The molecule has 19 heavy (non-hydrogen) atoms. The molecule has 1 unspecified atom stereocenters. The fraction of sp³-hybridized carbons (Fsp3) is 0.500. The molecule has 1 aliphatic heterocycles. The van der Waals surface area contributed by atoms with Gasteiger partial charge in [0.25, 0.3) is 5.91 Å². The van der Waals surface area contributed by atoms with Crippen LogP contribution in [0.3, 0.4) is 0 Å². The van der Waals surface area contributed by atoms with Gasteiger partial charge in [-0.15, -0.1) is 0 Å². The van der Waals surface area contributed by atoms with Gasteiger partial charge in [-0.1, -0.05) is 15.9 Å². The van der Waals surface area contributed by atoms with E-state index in [0.29, 0.717) is 25.3 Å². The highest BCUT2D eigenvalue weighted by molar-refractivity contribution is 9.10. The quantitative estimate of drug-likeness (QED) is 0.888. The summed E-state index contributed by atoms with van der Waals surface area (Å²) < 4.78 is 6.19. The second-order valence-electron chi connectivity index (χ2n) is 4.73. The fourth-order valence-corrected chi connectivity index (χ4v) is 2.43. The van der Waals surface area contributed by atoms with Crippen LogP contribution in [0.4, 0.5) is 0 Å². The number of ether oxygens (including phenoxy) is 1. The van der Waals surface area contributed by atoms with Crippen LogP contribution in [0.25, 0.3) is 0 Å². The molecule has 0 aliphatic carbocycles. The Balaban J connectivity index is 1.81. The molecule has 0 radical (unpaired) electrons. The molecule has 0 saturated carbocycles. The molecule has 1 amide bonds. The Morgan fingerprint density at radius 1 is 1.37 bits per heavy atom.